The summed E-state index contributed by atoms with van der Waals surface area (Å²) in [5.41, 5.74) is 1.08. The summed E-state index contributed by atoms with van der Waals surface area (Å²) >= 11 is 0. The van der Waals surface area contributed by atoms with Gasteiger partial charge in [0.05, 0.1) is 32.6 Å². The van der Waals surface area contributed by atoms with Gasteiger partial charge in [0, 0.05) is 12.1 Å². The van der Waals surface area contributed by atoms with Crippen molar-refractivity contribution >= 4 is 11.6 Å². The van der Waals surface area contributed by atoms with Gasteiger partial charge >= 0.3 is 0 Å². The van der Waals surface area contributed by atoms with Crippen LogP contribution < -0.4 is 19.5 Å². The molecule has 0 unspecified atom stereocenters. The van der Waals surface area contributed by atoms with Gasteiger partial charge in [-0.2, -0.15) is 0 Å². The van der Waals surface area contributed by atoms with Gasteiger partial charge < -0.3 is 19.5 Å². The molecule has 5 nitrogen and oxygen atoms in total. The van der Waals surface area contributed by atoms with E-state index in [1.165, 1.54) is 39.5 Å². The van der Waals surface area contributed by atoms with Crippen LogP contribution >= 0.6 is 0 Å². The predicted octanol–water partition coefficient (Wildman–Crippen LogP) is 3.41. The van der Waals surface area contributed by atoms with E-state index in [1.54, 1.807) is 19.1 Å². The first-order chi connectivity index (χ1) is 11.0. The van der Waals surface area contributed by atoms with Crippen LogP contribution in [0, 0.1) is 12.7 Å². The Morgan fingerprint density at radius 3 is 2.13 bits per heavy atom. The zero-order chi connectivity index (χ0) is 17.0. The molecular formula is C17H18FNO4. The molecule has 2 aromatic carbocycles. The monoisotopic (exact) mass is 319 g/mol. The van der Waals surface area contributed by atoms with Crippen LogP contribution in [-0.2, 0) is 0 Å². The minimum absolute atomic E-state index is 0.0948. The highest BCUT2D eigenvalue weighted by atomic mass is 19.1. The second kappa shape index (κ2) is 7.00. The van der Waals surface area contributed by atoms with Crippen molar-refractivity contribution in [1.29, 1.82) is 0 Å². The molecule has 0 aliphatic heterocycles. The van der Waals surface area contributed by atoms with Gasteiger partial charge in [-0.3, -0.25) is 4.79 Å². The molecule has 0 fully saturated rings. The molecule has 0 aliphatic carbocycles. The molecule has 23 heavy (non-hydrogen) atoms. The molecule has 1 amide bonds. The highest BCUT2D eigenvalue weighted by molar-refractivity contribution is 6.06. The molecule has 2 aromatic rings. The van der Waals surface area contributed by atoms with Crippen molar-refractivity contribution in [2.24, 2.45) is 0 Å². The summed E-state index contributed by atoms with van der Waals surface area (Å²) in [5.74, 6) is 0.0984. The molecule has 0 saturated heterocycles. The Kier molecular flexibility index (Phi) is 5.05. The van der Waals surface area contributed by atoms with Crippen LogP contribution in [0.4, 0.5) is 10.1 Å². The highest BCUT2D eigenvalue weighted by Crippen LogP contribution is 2.35. The number of hydrogen-bond acceptors (Lipinski definition) is 4. The van der Waals surface area contributed by atoms with Gasteiger partial charge in [-0.05, 0) is 24.6 Å². The maximum Gasteiger partial charge on any atom is 0.259 e. The Balaban J connectivity index is 2.38. The fraction of sp³-hybridized carbons (Fsp3) is 0.235. The summed E-state index contributed by atoms with van der Waals surface area (Å²) in [7, 11) is 4.38. The summed E-state index contributed by atoms with van der Waals surface area (Å²) in [6, 6.07) is 7.60. The van der Waals surface area contributed by atoms with E-state index in [1.807, 2.05) is 0 Å². The standard InChI is InChI=1S/C17H18FNO4/c1-10-5-6-13(12(18)7-10)19-17(20)11-8-15(22-3)16(23-4)9-14(11)21-2/h5-9H,1-4H3,(H,19,20). The second-order valence-corrected chi connectivity index (χ2v) is 4.84. The lowest BCUT2D eigenvalue weighted by atomic mass is 10.1. The van der Waals surface area contributed by atoms with Crippen LogP contribution in [0.2, 0.25) is 0 Å². The van der Waals surface area contributed by atoms with Gasteiger partial charge in [-0.1, -0.05) is 6.07 Å². The molecule has 6 heteroatoms. The summed E-state index contributed by atoms with van der Waals surface area (Å²) in [6.07, 6.45) is 0. The van der Waals surface area contributed by atoms with E-state index in [-0.39, 0.29) is 11.3 Å². The van der Waals surface area contributed by atoms with Crippen molar-refractivity contribution in [2.45, 2.75) is 6.92 Å². The number of methoxy groups -OCH3 is 3. The molecule has 0 heterocycles. The summed E-state index contributed by atoms with van der Waals surface area (Å²) in [5, 5.41) is 2.53. The number of benzene rings is 2. The number of rotatable bonds is 5. The van der Waals surface area contributed by atoms with Crippen LogP contribution in [-0.4, -0.2) is 27.2 Å². The van der Waals surface area contributed by atoms with E-state index in [2.05, 4.69) is 5.32 Å². The van der Waals surface area contributed by atoms with E-state index in [4.69, 9.17) is 14.2 Å². The van der Waals surface area contributed by atoms with Crippen LogP contribution in [0.5, 0.6) is 17.2 Å². The first-order valence-electron chi connectivity index (χ1n) is 6.87. The molecule has 0 aromatic heterocycles. The summed E-state index contributed by atoms with van der Waals surface area (Å²) in [4.78, 5) is 12.4. The fourth-order valence-electron chi connectivity index (χ4n) is 2.12. The lowest BCUT2D eigenvalue weighted by Gasteiger charge is -2.14. The number of nitrogens with one attached hydrogen (secondary N) is 1. The molecule has 0 spiro atoms. The number of halogens is 1. The molecule has 0 atom stereocenters. The van der Waals surface area contributed by atoms with Crippen molar-refractivity contribution in [1.82, 2.24) is 0 Å². The number of carbonyl (C=O) groups is 1. The second-order valence-electron chi connectivity index (χ2n) is 4.84. The van der Waals surface area contributed by atoms with Gasteiger partial charge in [-0.25, -0.2) is 4.39 Å². The highest BCUT2D eigenvalue weighted by Gasteiger charge is 2.18. The third-order valence-electron chi connectivity index (χ3n) is 3.32. The van der Waals surface area contributed by atoms with E-state index in [0.29, 0.717) is 17.2 Å². The minimum atomic E-state index is -0.509. The van der Waals surface area contributed by atoms with Crippen molar-refractivity contribution in [3.8, 4) is 17.2 Å². The number of amides is 1. The molecule has 0 radical (unpaired) electrons. The van der Waals surface area contributed by atoms with Crippen molar-refractivity contribution < 1.29 is 23.4 Å². The lowest BCUT2D eigenvalue weighted by Crippen LogP contribution is -2.14. The SMILES string of the molecule is COc1cc(OC)c(C(=O)Nc2ccc(C)cc2F)cc1OC. The van der Waals surface area contributed by atoms with Gasteiger partial charge in [0.1, 0.15) is 11.6 Å². The van der Waals surface area contributed by atoms with Gasteiger partial charge in [0.15, 0.2) is 11.5 Å². The third kappa shape index (κ3) is 3.53. The Morgan fingerprint density at radius 2 is 1.57 bits per heavy atom. The van der Waals surface area contributed by atoms with Crippen LogP contribution in [0.3, 0.4) is 0 Å². The minimum Gasteiger partial charge on any atom is -0.496 e. The maximum absolute atomic E-state index is 13.9. The van der Waals surface area contributed by atoms with Crippen molar-refractivity contribution in [3.05, 3.63) is 47.3 Å². The number of carbonyl (C=O) groups excluding carboxylic acids is 1. The molecule has 0 bridgehead atoms. The first kappa shape index (κ1) is 16.6. The molecule has 2 rings (SSSR count). The summed E-state index contributed by atoms with van der Waals surface area (Å²) in [6.45, 7) is 1.77. The maximum atomic E-state index is 13.9. The Hall–Kier alpha value is -2.76. The topological polar surface area (TPSA) is 56.8 Å². The van der Waals surface area contributed by atoms with E-state index in [0.717, 1.165) is 5.56 Å². The first-order valence-corrected chi connectivity index (χ1v) is 6.87. The molecule has 0 saturated carbocycles. The largest absolute Gasteiger partial charge is 0.496 e. The molecular weight excluding hydrogens is 301 g/mol. The van der Waals surface area contributed by atoms with Gasteiger partial charge in [0.2, 0.25) is 0 Å². The van der Waals surface area contributed by atoms with Crippen LogP contribution in [0.1, 0.15) is 15.9 Å². The van der Waals surface area contributed by atoms with E-state index in [9.17, 15) is 9.18 Å². The van der Waals surface area contributed by atoms with Gasteiger partial charge in [0.25, 0.3) is 5.91 Å². The van der Waals surface area contributed by atoms with Crippen molar-refractivity contribution in [2.75, 3.05) is 26.6 Å². The Morgan fingerprint density at radius 1 is 0.957 bits per heavy atom. The summed E-state index contributed by atoms with van der Waals surface area (Å²) < 4.78 is 29.4. The zero-order valence-electron chi connectivity index (χ0n) is 13.4. The third-order valence-corrected chi connectivity index (χ3v) is 3.32. The number of aryl methyl sites for hydroxylation is 1. The van der Waals surface area contributed by atoms with Crippen LogP contribution in [0.25, 0.3) is 0 Å². The molecule has 0 aliphatic rings. The smallest absolute Gasteiger partial charge is 0.259 e. The Bertz CT molecular complexity index is 731. The predicted molar refractivity (Wildman–Crippen MR) is 85.2 cm³/mol. The normalized spacial score (nSPS) is 10.1. The molecule has 122 valence electrons. The molecule has 1 N–H and O–H groups in total. The Labute approximate surface area is 134 Å². The average molecular weight is 319 g/mol. The number of anilines is 1. The van der Waals surface area contributed by atoms with Crippen LogP contribution in [0.15, 0.2) is 30.3 Å². The number of hydrogen-bond donors (Lipinski definition) is 1. The van der Waals surface area contributed by atoms with Crippen molar-refractivity contribution in [3.63, 3.8) is 0 Å². The average Bonchev–Trinajstić information content (AvgIpc) is 2.55. The van der Waals surface area contributed by atoms with Gasteiger partial charge in [-0.15, -0.1) is 0 Å². The van der Waals surface area contributed by atoms with E-state index < -0.39 is 11.7 Å². The quantitative estimate of drug-likeness (QED) is 0.917. The number of ether oxygens (including phenoxy) is 3. The fourth-order valence-corrected chi connectivity index (χ4v) is 2.12. The zero-order valence-corrected chi connectivity index (χ0v) is 13.4. The van der Waals surface area contributed by atoms with E-state index >= 15 is 0 Å². The lowest BCUT2D eigenvalue weighted by molar-refractivity contribution is 0.102.